The van der Waals surface area contributed by atoms with Gasteiger partial charge in [-0.25, -0.2) is 0 Å². The van der Waals surface area contributed by atoms with Crippen LogP contribution in [0.2, 0.25) is 0 Å². The first kappa shape index (κ1) is 21.5. The normalized spacial score (nSPS) is 18.3. The van der Waals surface area contributed by atoms with Gasteiger partial charge in [-0.15, -0.1) is 0 Å². The fourth-order valence-corrected chi connectivity index (χ4v) is 4.82. The Kier molecular flexibility index (Phi) is 6.69. The SMILES string of the molecule is CCCNC(=O)C1(Cc2ccccc2-c2cccnc2)CCN(C(=O)C2CCC2)CC1. The zero-order chi connectivity index (χ0) is 21.7. The number of carbonyl (C=O) groups is 2. The summed E-state index contributed by atoms with van der Waals surface area (Å²) < 4.78 is 0. The molecule has 2 aliphatic rings. The second kappa shape index (κ2) is 9.63. The van der Waals surface area contributed by atoms with Crippen LogP contribution in [0, 0.1) is 11.3 Å². The van der Waals surface area contributed by atoms with Crippen molar-refractivity contribution in [3.8, 4) is 11.1 Å². The predicted molar refractivity (Wildman–Crippen MR) is 122 cm³/mol. The second-order valence-corrected chi connectivity index (χ2v) is 9.06. The Morgan fingerprint density at radius 3 is 2.55 bits per heavy atom. The van der Waals surface area contributed by atoms with Gasteiger partial charge in [0.1, 0.15) is 0 Å². The van der Waals surface area contributed by atoms with Gasteiger partial charge in [-0.05, 0) is 55.7 Å². The topological polar surface area (TPSA) is 62.3 Å². The molecule has 5 heteroatoms. The van der Waals surface area contributed by atoms with Gasteiger partial charge >= 0.3 is 0 Å². The van der Waals surface area contributed by atoms with Crippen LogP contribution in [0.25, 0.3) is 11.1 Å². The Morgan fingerprint density at radius 1 is 1.13 bits per heavy atom. The molecule has 31 heavy (non-hydrogen) atoms. The highest BCUT2D eigenvalue weighted by atomic mass is 16.2. The molecule has 0 radical (unpaired) electrons. The third kappa shape index (κ3) is 4.65. The van der Waals surface area contributed by atoms with Gasteiger partial charge in [0.15, 0.2) is 0 Å². The number of rotatable bonds is 7. The highest BCUT2D eigenvalue weighted by molar-refractivity contribution is 5.85. The van der Waals surface area contributed by atoms with E-state index in [0.717, 1.165) is 30.4 Å². The molecular weight excluding hydrogens is 386 g/mol. The Labute approximate surface area is 185 Å². The Bertz CT molecular complexity index is 900. The minimum Gasteiger partial charge on any atom is -0.356 e. The lowest BCUT2D eigenvalue weighted by Gasteiger charge is -2.43. The van der Waals surface area contributed by atoms with E-state index in [0.29, 0.717) is 44.8 Å². The molecule has 1 saturated carbocycles. The summed E-state index contributed by atoms with van der Waals surface area (Å²) in [5.74, 6) is 0.642. The van der Waals surface area contributed by atoms with Crippen LogP contribution in [0.4, 0.5) is 0 Å². The lowest BCUT2D eigenvalue weighted by molar-refractivity contribution is -0.145. The summed E-state index contributed by atoms with van der Waals surface area (Å²) in [5.41, 5.74) is 2.89. The molecule has 1 N–H and O–H groups in total. The fourth-order valence-electron chi connectivity index (χ4n) is 4.82. The number of amides is 2. The maximum Gasteiger partial charge on any atom is 0.226 e. The summed E-state index contributed by atoms with van der Waals surface area (Å²) in [4.78, 5) is 32.4. The first-order valence-corrected chi connectivity index (χ1v) is 11.7. The first-order chi connectivity index (χ1) is 15.1. The molecule has 1 saturated heterocycles. The quantitative estimate of drug-likeness (QED) is 0.731. The van der Waals surface area contributed by atoms with Gasteiger partial charge < -0.3 is 10.2 Å². The molecule has 1 aromatic heterocycles. The molecule has 0 unspecified atom stereocenters. The van der Waals surface area contributed by atoms with Gasteiger partial charge in [-0.3, -0.25) is 14.6 Å². The third-order valence-electron chi connectivity index (χ3n) is 7.02. The van der Waals surface area contributed by atoms with Crippen LogP contribution >= 0.6 is 0 Å². The zero-order valence-electron chi connectivity index (χ0n) is 18.5. The minimum absolute atomic E-state index is 0.131. The van der Waals surface area contributed by atoms with E-state index in [1.165, 1.54) is 12.0 Å². The van der Waals surface area contributed by atoms with Crippen molar-refractivity contribution in [1.82, 2.24) is 15.2 Å². The van der Waals surface area contributed by atoms with E-state index in [9.17, 15) is 9.59 Å². The molecule has 2 fully saturated rings. The Hall–Kier alpha value is -2.69. The summed E-state index contributed by atoms with van der Waals surface area (Å²) in [7, 11) is 0. The van der Waals surface area contributed by atoms with Crippen molar-refractivity contribution < 1.29 is 9.59 Å². The summed E-state index contributed by atoms with van der Waals surface area (Å²) >= 11 is 0. The van der Waals surface area contributed by atoms with E-state index >= 15 is 0 Å². The molecule has 4 rings (SSSR count). The van der Waals surface area contributed by atoms with Crippen LogP contribution in [0.15, 0.2) is 48.8 Å². The molecular formula is C26H33N3O2. The molecule has 1 aromatic carbocycles. The number of nitrogens with one attached hydrogen (secondary N) is 1. The van der Waals surface area contributed by atoms with Crippen LogP contribution in [0.1, 0.15) is 51.0 Å². The molecule has 1 aliphatic carbocycles. The fraction of sp³-hybridized carbons (Fsp3) is 0.500. The minimum atomic E-state index is -0.482. The van der Waals surface area contributed by atoms with Gasteiger partial charge in [0, 0.05) is 43.5 Å². The van der Waals surface area contributed by atoms with Gasteiger partial charge in [-0.1, -0.05) is 43.7 Å². The van der Waals surface area contributed by atoms with E-state index in [2.05, 4.69) is 35.4 Å². The number of piperidine rings is 1. The van der Waals surface area contributed by atoms with Crippen molar-refractivity contribution in [2.24, 2.45) is 11.3 Å². The zero-order valence-corrected chi connectivity index (χ0v) is 18.5. The number of likely N-dealkylation sites (tertiary alicyclic amines) is 1. The van der Waals surface area contributed by atoms with Gasteiger partial charge in [-0.2, -0.15) is 0 Å². The van der Waals surface area contributed by atoms with E-state index in [-0.39, 0.29) is 11.8 Å². The molecule has 0 atom stereocenters. The van der Waals surface area contributed by atoms with Crippen molar-refractivity contribution in [3.05, 3.63) is 54.4 Å². The molecule has 1 aliphatic heterocycles. The van der Waals surface area contributed by atoms with E-state index in [1.807, 2.05) is 29.3 Å². The number of benzene rings is 1. The highest BCUT2D eigenvalue weighted by Crippen LogP contribution is 2.39. The molecule has 2 amide bonds. The van der Waals surface area contributed by atoms with Crippen LogP contribution in [0.3, 0.4) is 0 Å². The van der Waals surface area contributed by atoms with E-state index in [4.69, 9.17) is 0 Å². The predicted octanol–water partition coefficient (Wildman–Crippen LogP) is 4.23. The summed E-state index contributed by atoms with van der Waals surface area (Å²) in [6.45, 7) is 4.11. The molecule has 2 aromatic rings. The second-order valence-electron chi connectivity index (χ2n) is 9.06. The van der Waals surface area contributed by atoms with Crippen molar-refractivity contribution in [2.75, 3.05) is 19.6 Å². The van der Waals surface area contributed by atoms with Crippen molar-refractivity contribution in [1.29, 1.82) is 0 Å². The third-order valence-corrected chi connectivity index (χ3v) is 7.02. The monoisotopic (exact) mass is 419 g/mol. The van der Waals surface area contributed by atoms with Gasteiger partial charge in [0.05, 0.1) is 5.41 Å². The summed E-state index contributed by atoms with van der Waals surface area (Å²) in [5, 5.41) is 3.16. The number of carbonyl (C=O) groups excluding carboxylic acids is 2. The van der Waals surface area contributed by atoms with Crippen LogP contribution < -0.4 is 5.32 Å². The number of hydrogen-bond donors (Lipinski definition) is 1. The largest absolute Gasteiger partial charge is 0.356 e. The number of nitrogens with zero attached hydrogens (tertiary/aromatic N) is 2. The molecule has 2 heterocycles. The maximum absolute atomic E-state index is 13.4. The van der Waals surface area contributed by atoms with Crippen molar-refractivity contribution in [3.63, 3.8) is 0 Å². The Morgan fingerprint density at radius 2 is 1.90 bits per heavy atom. The lowest BCUT2D eigenvalue weighted by Crippen LogP contribution is -2.52. The lowest BCUT2D eigenvalue weighted by atomic mass is 9.71. The van der Waals surface area contributed by atoms with Crippen LogP contribution in [-0.4, -0.2) is 41.3 Å². The van der Waals surface area contributed by atoms with Crippen LogP contribution in [-0.2, 0) is 16.0 Å². The van der Waals surface area contributed by atoms with Crippen molar-refractivity contribution >= 4 is 11.8 Å². The van der Waals surface area contributed by atoms with E-state index < -0.39 is 5.41 Å². The average molecular weight is 420 g/mol. The smallest absolute Gasteiger partial charge is 0.226 e. The van der Waals surface area contributed by atoms with Crippen LogP contribution in [0.5, 0.6) is 0 Å². The van der Waals surface area contributed by atoms with Gasteiger partial charge in [0.25, 0.3) is 0 Å². The molecule has 5 nitrogen and oxygen atoms in total. The molecule has 0 spiro atoms. The van der Waals surface area contributed by atoms with Crippen molar-refractivity contribution in [2.45, 2.75) is 51.9 Å². The standard InChI is InChI=1S/C26H33N3O2/c1-2-14-28-25(31)26(12-16-29(17-13-26)24(30)20-8-5-9-20)18-21-7-3-4-11-23(21)22-10-6-15-27-19-22/h3-4,6-7,10-11,15,19-20H,2,5,8-9,12-14,16-18H2,1H3,(H,28,31). The summed E-state index contributed by atoms with van der Waals surface area (Å²) in [6, 6.07) is 12.3. The number of hydrogen-bond acceptors (Lipinski definition) is 3. The first-order valence-electron chi connectivity index (χ1n) is 11.7. The number of pyridine rings is 1. The van der Waals surface area contributed by atoms with E-state index in [1.54, 1.807) is 6.20 Å². The van der Waals surface area contributed by atoms with Gasteiger partial charge in [0.2, 0.25) is 11.8 Å². The highest BCUT2D eigenvalue weighted by Gasteiger charge is 2.43. The maximum atomic E-state index is 13.4. The summed E-state index contributed by atoms with van der Waals surface area (Å²) in [6.07, 6.45) is 9.89. The Balaban J connectivity index is 1.57. The average Bonchev–Trinajstić information content (AvgIpc) is 2.77. The molecule has 0 bridgehead atoms. The number of aromatic nitrogens is 1. The molecule has 164 valence electrons.